The first-order valence-electron chi connectivity index (χ1n) is 9.84. The average molecular weight is 486 g/mol. The fraction of sp³-hybridized carbons (Fsp3) is 0.174. The van der Waals surface area contributed by atoms with Crippen molar-refractivity contribution in [3.63, 3.8) is 0 Å². The van der Waals surface area contributed by atoms with Crippen LogP contribution in [0.1, 0.15) is 36.8 Å². The van der Waals surface area contributed by atoms with Gasteiger partial charge in [-0.15, -0.1) is 0 Å². The molecule has 3 aromatic rings. The highest BCUT2D eigenvalue weighted by Crippen LogP contribution is 2.24. The van der Waals surface area contributed by atoms with Gasteiger partial charge in [0.2, 0.25) is 0 Å². The van der Waals surface area contributed by atoms with Gasteiger partial charge in [0.25, 0.3) is 5.91 Å². The number of hydrogen-bond donors (Lipinski definition) is 1. The standard InChI is InChI=1S/C23H20ClN3O7/c1-13-19(20(24)27(26-13)17-7-5-4-6-8-17)23(31)34-12-18(28)25-16-10-14(21(29)32-2)9-15(11-16)22(30)33-3/h4-11H,12H2,1-3H3,(H,25,28). The van der Waals surface area contributed by atoms with E-state index in [1.165, 1.54) is 37.1 Å². The maximum Gasteiger partial charge on any atom is 0.343 e. The van der Waals surface area contributed by atoms with E-state index in [-0.39, 0.29) is 27.5 Å². The summed E-state index contributed by atoms with van der Waals surface area (Å²) in [6.07, 6.45) is 0. The summed E-state index contributed by atoms with van der Waals surface area (Å²) < 4.78 is 15.8. The van der Waals surface area contributed by atoms with Gasteiger partial charge in [-0.25, -0.2) is 19.1 Å². The Hall–Kier alpha value is -4.18. The van der Waals surface area contributed by atoms with Crippen molar-refractivity contribution in [2.24, 2.45) is 0 Å². The third-order valence-electron chi connectivity index (χ3n) is 4.60. The van der Waals surface area contributed by atoms with Gasteiger partial charge in [0.15, 0.2) is 6.61 Å². The number of ether oxygens (including phenoxy) is 3. The molecule has 0 aliphatic rings. The van der Waals surface area contributed by atoms with Crippen LogP contribution in [0.2, 0.25) is 5.15 Å². The molecule has 3 rings (SSSR count). The van der Waals surface area contributed by atoms with Gasteiger partial charge in [0.1, 0.15) is 10.7 Å². The molecule has 0 aliphatic heterocycles. The maximum atomic E-state index is 12.6. The van der Waals surface area contributed by atoms with Gasteiger partial charge in [-0.1, -0.05) is 29.8 Å². The number of carbonyl (C=O) groups excluding carboxylic acids is 4. The van der Waals surface area contributed by atoms with Gasteiger partial charge < -0.3 is 19.5 Å². The quantitative estimate of drug-likeness (QED) is 0.399. The van der Waals surface area contributed by atoms with Crippen LogP contribution in [0.3, 0.4) is 0 Å². The van der Waals surface area contributed by atoms with E-state index in [1.807, 2.05) is 6.07 Å². The fourth-order valence-electron chi connectivity index (χ4n) is 3.04. The minimum atomic E-state index is -0.835. The minimum absolute atomic E-state index is 0.0217. The van der Waals surface area contributed by atoms with Crippen LogP contribution in [0.25, 0.3) is 5.69 Å². The Morgan fingerprint density at radius 2 is 1.53 bits per heavy atom. The molecule has 34 heavy (non-hydrogen) atoms. The van der Waals surface area contributed by atoms with Crippen molar-refractivity contribution in [1.29, 1.82) is 0 Å². The molecule has 0 saturated heterocycles. The van der Waals surface area contributed by atoms with Crippen molar-refractivity contribution in [2.75, 3.05) is 26.1 Å². The van der Waals surface area contributed by atoms with Crippen LogP contribution < -0.4 is 5.32 Å². The van der Waals surface area contributed by atoms with Gasteiger partial charge in [-0.3, -0.25) is 4.79 Å². The third-order valence-corrected chi connectivity index (χ3v) is 4.95. The molecule has 11 heteroatoms. The van der Waals surface area contributed by atoms with Crippen LogP contribution in [-0.4, -0.2) is 54.4 Å². The van der Waals surface area contributed by atoms with Crippen LogP contribution in [0, 0.1) is 6.92 Å². The van der Waals surface area contributed by atoms with Crippen LogP contribution in [-0.2, 0) is 19.0 Å². The molecule has 1 amide bonds. The SMILES string of the molecule is COC(=O)c1cc(NC(=O)COC(=O)c2c(C)nn(-c3ccccc3)c2Cl)cc(C(=O)OC)c1. The number of nitrogens with one attached hydrogen (secondary N) is 1. The first-order chi connectivity index (χ1) is 16.2. The Morgan fingerprint density at radius 3 is 2.09 bits per heavy atom. The Labute approximate surface area is 199 Å². The van der Waals surface area contributed by atoms with Crippen LogP contribution in [0.15, 0.2) is 48.5 Å². The number of aryl methyl sites for hydroxylation is 1. The second-order valence-electron chi connectivity index (χ2n) is 6.91. The van der Waals surface area contributed by atoms with E-state index in [0.29, 0.717) is 11.4 Å². The lowest BCUT2D eigenvalue weighted by Crippen LogP contribution is -2.21. The molecule has 0 fully saturated rings. The molecule has 2 aromatic carbocycles. The summed E-state index contributed by atoms with van der Waals surface area (Å²) in [4.78, 5) is 48.7. The number of esters is 3. The number of nitrogens with zero attached hydrogens (tertiary/aromatic N) is 2. The summed E-state index contributed by atoms with van der Waals surface area (Å²) in [7, 11) is 2.36. The first kappa shape index (κ1) is 24.5. The number of carbonyl (C=O) groups is 4. The number of hydrogen-bond acceptors (Lipinski definition) is 8. The Morgan fingerprint density at radius 1 is 0.941 bits per heavy atom. The van der Waals surface area contributed by atoms with Crippen LogP contribution >= 0.6 is 11.6 Å². The zero-order chi connectivity index (χ0) is 24.8. The molecule has 1 aromatic heterocycles. The minimum Gasteiger partial charge on any atom is -0.465 e. The van der Waals surface area contributed by atoms with Gasteiger partial charge in [0.05, 0.1) is 36.7 Å². The van der Waals surface area contributed by atoms with Crippen LogP contribution in [0.4, 0.5) is 5.69 Å². The molecule has 1 heterocycles. The summed E-state index contributed by atoms with van der Waals surface area (Å²) in [6.45, 7) is 0.940. The lowest BCUT2D eigenvalue weighted by molar-refractivity contribution is -0.119. The second-order valence-corrected chi connectivity index (χ2v) is 7.26. The van der Waals surface area contributed by atoms with E-state index in [2.05, 4.69) is 19.9 Å². The molecule has 0 aliphatic carbocycles. The van der Waals surface area contributed by atoms with E-state index >= 15 is 0 Å². The Kier molecular flexibility index (Phi) is 7.64. The third kappa shape index (κ3) is 5.41. The number of rotatable bonds is 7. The van der Waals surface area contributed by atoms with Gasteiger partial charge in [0, 0.05) is 5.69 Å². The number of halogens is 1. The van der Waals surface area contributed by atoms with Crippen molar-refractivity contribution < 1.29 is 33.4 Å². The van der Waals surface area contributed by atoms with E-state index in [9.17, 15) is 19.2 Å². The largest absolute Gasteiger partial charge is 0.465 e. The molecule has 0 saturated carbocycles. The number of benzene rings is 2. The van der Waals surface area contributed by atoms with Gasteiger partial charge in [-0.05, 0) is 37.3 Å². The topological polar surface area (TPSA) is 126 Å². The molecule has 0 radical (unpaired) electrons. The summed E-state index contributed by atoms with van der Waals surface area (Å²) in [5.74, 6) is -2.98. The molecular weight excluding hydrogens is 466 g/mol. The molecule has 0 bridgehead atoms. The van der Waals surface area contributed by atoms with E-state index in [1.54, 1.807) is 31.2 Å². The maximum absolute atomic E-state index is 12.6. The zero-order valence-corrected chi connectivity index (χ0v) is 19.2. The van der Waals surface area contributed by atoms with E-state index in [0.717, 1.165) is 0 Å². The monoisotopic (exact) mass is 485 g/mol. The van der Waals surface area contributed by atoms with E-state index in [4.69, 9.17) is 16.3 Å². The van der Waals surface area contributed by atoms with Gasteiger partial charge in [-0.2, -0.15) is 5.10 Å². The first-order valence-corrected chi connectivity index (χ1v) is 10.2. The molecule has 0 unspecified atom stereocenters. The van der Waals surface area contributed by atoms with Crippen molar-refractivity contribution in [3.05, 3.63) is 76.1 Å². The molecule has 176 valence electrons. The average Bonchev–Trinajstić information content (AvgIpc) is 3.15. The number of aromatic nitrogens is 2. The highest BCUT2D eigenvalue weighted by molar-refractivity contribution is 6.33. The zero-order valence-electron chi connectivity index (χ0n) is 18.5. The number of para-hydroxylation sites is 1. The number of amides is 1. The van der Waals surface area contributed by atoms with Crippen molar-refractivity contribution in [1.82, 2.24) is 9.78 Å². The van der Waals surface area contributed by atoms with Crippen LogP contribution in [0.5, 0.6) is 0 Å². The molecule has 0 atom stereocenters. The molecule has 1 N–H and O–H groups in total. The lowest BCUT2D eigenvalue weighted by atomic mass is 10.1. The summed E-state index contributed by atoms with van der Waals surface area (Å²) in [5.41, 5.74) is 1.16. The Balaban J connectivity index is 1.72. The molecular formula is C23H20ClN3O7. The summed E-state index contributed by atoms with van der Waals surface area (Å²) in [5, 5.41) is 6.77. The molecule has 10 nitrogen and oxygen atoms in total. The van der Waals surface area contributed by atoms with Crippen molar-refractivity contribution in [2.45, 2.75) is 6.92 Å². The number of methoxy groups -OCH3 is 2. The number of anilines is 1. The van der Waals surface area contributed by atoms with Crippen molar-refractivity contribution >= 4 is 41.1 Å². The normalized spacial score (nSPS) is 10.4. The van der Waals surface area contributed by atoms with Crippen molar-refractivity contribution in [3.8, 4) is 5.69 Å². The smallest absolute Gasteiger partial charge is 0.343 e. The Bertz CT molecular complexity index is 1220. The predicted octanol–water partition coefficient (Wildman–Crippen LogP) is 3.20. The van der Waals surface area contributed by atoms with Gasteiger partial charge >= 0.3 is 17.9 Å². The van der Waals surface area contributed by atoms with E-state index < -0.39 is 30.4 Å². The fourth-order valence-corrected chi connectivity index (χ4v) is 3.39. The summed E-state index contributed by atoms with van der Waals surface area (Å²) in [6, 6.07) is 12.8. The lowest BCUT2D eigenvalue weighted by Gasteiger charge is -2.10. The summed E-state index contributed by atoms with van der Waals surface area (Å²) >= 11 is 6.34. The molecule has 0 spiro atoms. The second kappa shape index (κ2) is 10.6. The highest BCUT2D eigenvalue weighted by atomic mass is 35.5. The predicted molar refractivity (Wildman–Crippen MR) is 121 cm³/mol. The highest BCUT2D eigenvalue weighted by Gasteiger charge is 2.23.